The average molecular weight is 344 g/mol. The van der Waals surface area contributed by atoms with Crippen LogP contribution in [0.5, 0.6) is 0 Å². The van der Waals surface area contributed by atoms with Gasteiger partial charge in [-0.1, -0.05) is 30.0 Å². The predicted octanol–water partition coefficient (Wildman–Crippen LogP) is 3.37. The number of aryl methyl sites for hydroxylation is 2. The number of aromatic nitrogens is 4. The molecule has 0 saturated carbocycles. The number of hydrogen-bond donors (Lipinski definition) is 0. The minimum absolute atomic E-state index is 0.0868. The molecule has 2 aromatic heterocycles. The monoisotopic (exact) mass is 344 g/mol. The maximum Gasteiger partial charge on any atom is 0.210 e. The molecular weight excluding hydrogens is 328 g/mol. The standard InChI is InChI=1S/C16H16N4OS2/c1-11-5-6-13(8-12(11)2)15(21)10-23-16-17-18-19-20(16)9-14-4-3-7-22-14/h3-8H,9-10H2,1-2H3. The van der Waals surface area contributed by atoms with Gasteiger partial charge in [-0.05, 0) is 52.9 Å². The largest absolute Gasteiger partial charge is 0.293 e. The van der Waals surface area contributed by atoms with Crippen LogP contribution < -0.4 is 0 Å². The first-order chi connectivity index (χ1) is 11.1. The molecular formula is C16H16N4OS2. The molecule has 118 valence electrons. The fourth-order valence-electron chi connectivity index (χ4n) is 2.08. The number of benzene rings is 1. The molecule has 2 heterocycles. The Morgan fingerprint density at radius 2 is 2.13 bits per heavy atom. The van der Waals surface area contributed by atoms with E-state index < -0.39 is 0 Å². The third-order valence-electron chi connectivity index (χ3n) is 3.55. The zero-order chi connectivity index (χ0) is 16.2. The second-order valence-electron chi connectivity index (χ2n) is 5.21. The van der Waals surface area contributed by atoms with Crippen LogP contribution in [0.3, 0.4) is 0 Å². The number of Topliss-reactive ketones (excluding diaryl/α,β-unsaturated/α-hetero) is 1. The van der Waals surface area contributed by atoms with E-state index in [9.17, 15) is 4.79 Å². The van der Waals surface area contributed by atoms with Gasteiger partial charge in [0, 0.05) is 10.4 Å². The van der Waals surface area contributed by atoms with Gasteiger partial charge in [-0.25, -0.2) is 4.68 Å². The van der Waals surface area contributed by atoms with E-state index in [1.54, 1.807) is 16.0 Å². The van der Waals surface area contributed by atoms with Crippen molar-refractivity contribution < 1.29 is 4.79 Å². The van der Waals surface area contributed by atoms with E-state index in [0.29, 0.717) is 17.5 Å². The van der Waals surface area contributed by atoms with Crippen molar-refractivity contribution in [2.45, 2.75) is 25.5 Å². The number of nitrogens with zero attached hydrogens (tertiary/aromatic N) is 4. The van der Waals surface area contributed by atoms with Gasteiger partial charge in [0.05, 0.1) is 12.3 Å². The zero-order valence-electron chi connectivity index (χ0n) is 12.9. The number of rotatable bonds is 6. The van der Waals surface area contributed by atoms with Crippen molar-refractivity contribution >= 4 is 28.9 Å². The first-order valence-electron chi connectivity index (χ1n) is 7.15. The van der Waals surface area contributed by atoms with Crippen LogP contribution in [0.4, 0.5) is 0 Å². The van der Waals surface area contributed by atoms with Crippen molar-refractivity contribution in [3.8, 4) is 0 Å². The summed E-state index contributed by atoms with van der Waals surface area (Å²) in [6.45, 7) is 4.68. The second-order valence-corrected chi connectivity index (χ2v) is 7.18. The van der Waals surface area contributed by atoms with Gasteiger partial charge in [0.1, 0.15) is 0 Å². The van der Waals surface area contributed by atoms with Crippen molar-refractivity contribution in [1.82, 2.24) is 20.2 Å². The van der Waals surface area contributed by atoms with E-state index in [0.717, 1.165) is 11.1 Å². The normalized spacial score (nSPS) is 10.9. The third kappa shape index (κ3) is 3.86. The fourth-order valence-corrected chi connectivity index (χ4v) is 3.53. The highest BCUT2D eigenvalue weighted by molar-refractivity contribution is 7.99. The van der Waals surface area contributed by atoms with Gasteiger partial charge in [0.25, 0.3) is 0 Å². The lowest BCUT2D eigenvalue weighted by Gasteiger charge is -2.05. The number of hydrogen-bond acceptors (Lipinski definition) is 6. The van der Waals surface area contributed by atoms with Crippen LogP contribution in [-0.2, 0) is 6.54 Å². The molecule has 0 unspecified atom stereocenters. The molecule has 0 atom stereocenters. The first-order valence-corrected chi connectivity index (χ1v) is 9.02. The molecule has 0 amide bonds. The van der Waals surface area contributed by atoms with Crippen molar-refractivity contribution in [2.24, 2.45) is 0 Å². The second kappa shape index (κ2) is 7.06. The molecule has 3 aromatic rings. The lowest BCUT2D eigenvalue weighted by atomic mass is 10.0. The van der Waals surface area contributed by atoms with Gasteiger partial charge in [-0.3, -0.25) is 4.79 Å². The van der Waals surface area contributed by atoms with Gasteiger partial charge < -0.3 is 0 Å². The predicted molar refractivity (Wildman–Crippen MR) is 92.2 cm³/mol. The van der Waals surface area contributed by atoms with Crippen LogP contribution in [0.15, 0.2) is 40.9 Å². The summed E-state index contributed by atoms with van der Waals surface area (Å²) in [5, 5.41) is 14.4. The van der Waals surface area contributed by atoms with E-state index >= 15 is 0 Å². The Morgan fingerprint density at radius 1 is 1.26 bits per heavy atom. The van der Waals surface area contributed by atoms with E-state index in [2.05, 4.69) is 15.5 Å². The summed E-state index contributed by atoms with van der Waals surface area (Å²) in [4.78, 5) is 13.5. The molecule has 0 fully saturated rings. The van der Waals surface area contributed by atoms with Crippen LogP contribution in [0.25, 0.3) is 0 Å². The van der Waals surface area contributed by atoms with Gasteiger partial charge in [0.2, 0.25) is 5.16 Å². The van der Waals surface area contributed by atoms with Crippen LogP contribution in [0, 0.1) is 13.8 Å². The minimum atomic E-state index is 0.0868. The van der Waals surface area contributed by atoms with Crippen molar-refractivity contribution in [1.29, 1.82) is 0 Å². The lowest BCUT2D eigenvalue weighted by molar-refractivity contribution is 0.102. The molecule has 0 aliphatic rings. The highest BCUT2D eigenvalue weighted by atomic mass is 32.2. The SMILES string of the molecule is Cc1ccc(C(=O)CSc2nnnn2Cc2cccs2)cc1C. The number of tetrazole rings is 1. The molecule has 0 radical (unpaired) electrons. The molecule has 0 bridgehead atoms. The third-order valence-corrected chi connectivity index (χ3v) is 5.36. The molecule has 5 nitrogen and oxygen atoms in total. The molecule has 0 N–H and O–H groups in total. The average Bonchev–Trinajstić information content (AvgIpc) is 3.20. The molecule has 3 rings (SSSR count). The van der Waals surface area contributed by atoms with E-state index in [4.69, 9.17) is 0 Å². The van der Waals surface area contributed by atoms with Gasteiger partial charge >= 0.3 is 0 Å². The van der Waals surface area contributed by atoms with Crippen molar-refractivity contribution in [3.63, 3.8) is 0 Å². The molecule has 0 saturated heterocycles. The molecule has 23 heavy (non-hydrogen) atoms. The maximum absolute atomic E-state index is 12.3. The summed E-state index contributed by atoms with van der Waals surface area (Å²) in [5.74, 6) is 0.414. The van der Waals surface area contributed by atoms with Crippen LogP contribution in [0.1, 0.15) is 26.4 Å². The van der Waals surface area contributed by atoms with Gasteiger partial charge in [0.15, 0.2) is 5.78 Å². The minimum Gasteiger partial charge on any atom is -0.293 e. The molecule has 1 aromatic carbocycles. The first kappa shape index (κ1) is 15.9. The summed E-state index contributed by atoms with van der Waals surface area (Å²) in [6.07, 6.45) is 0. The van der Waals surface area contributed by atoms with Crippen LogP contribution >= 0.6 is 23.1 Å². The molecule has 7 heteroatoms. The van der Waals surface area contributed by atoms with E-state index in [1.807, 2.05) is 49.6 Å². The highest BCUT2D eigenvalue weighted by Crippen LogP contribution is 2.19. The lowest BCUT2D eigenvalue weighted by Crippen LogP contribution is -2.06. The Bertz CT molecular complexity index is 811. The Labute approximate surface area is 142 Å². The topological polar surface area (TPSA) is 60.7 Å². The molecule has 0 aliphatic heterocycles. The summed E-state index contributed by atoms with van der Waals surface area (Å²) in [6, 6.07) is 9.84. The Balaban J connectivity index is 1.65. The maximum atomic E-state index is 12.3. The van der Waals surface area contributed by atoms with E-state index in [1.165, 1.54) is 22.2 Å². The number of ketones is 1. The summed E-state index contributed by atoms with van der Waals surface area (Å²) in [7, 11) is 0. The van der Waals surface area contributed by atoms with Crippen molar-refractivity contribution in [3.05, 3.63) is 57.3 Å². The van der Waals surface area contributed by atoms with Crippen LogP contribution in [0.2, 0.25) is 0 Å². The summed E-state index contributed by atoms with van der Waals surface area (Å²) < 4.78 is 1.73. The van der Waals surface area contributed by atoms with Gasteiger partial charge in [-0.2, -0.15) is 0 Å². The summed E-state index contributed by atoms with van der Waals surface area (Å²) in [5.41, 5.74) is 3.05. The quantitative estimate of drug-likeness (QED) is 0.507. The van der Waals surface area contributed by atoms with Crippen LogP contribution in [-0.4, -0.2) is 31.7 Å². The number of carbonyl (C=O) groups excluding carboxylic acids is 1. The Kier molecular flexibility index (Phi) is 4.88. The molecule has 0 spiro atoms. The summed E-state index contributed by atoms with van der Waals surface area (Å²) >= 11 is 3.03. The number of thiophene rings is 1. The smallest absolute Gasteiger partial charge is 0.210 e. The highest BCUT2D eigenvalue weighted by Gasteiger charge is 2.12. The molecule has 0 aliphatic carbocycles. The van der Waals surface area contributed by atoms with Crippen molar-refractivity contribution in [2.75, 3.05) is 5.75 Å². The zero-order valence-corrected chi connectivity index (χ0v) is 14.5. The van der Waals surface area contributed by atoms with Gasteiger partial charge in [-0.15, -0.1) is 16.4 Å². The number of carbonyl (C=O) groups is 1. The Morgan fingerprint density at radius 3 is 2.87 bits per heavy atom. The fraction of sp³-hybridized carbons (Fsp3) is 0.250. The van der Waals surface area contributed by atoms with E-state index in [-0.39, 0.29) is 5.78 Å². The Hall–Kier alpha value is -1.99. The number of thioether (sulfide) groups is 1.